The molecular weight excluding hydrogens is 388 g/mol. The molecule has 1 aromatic carbocycles. The largest absolute Gasteiger partial charge is 0.368 e. The van der Waals surface area contributed by atoms with E-state index in [2.05, 4.69) is 20.1 Å². The van der Waals surface area contributed by atoms with Gasteiger partial charge in [-0.1, -0.05) is 18.2 Å². The Labute approximate surface area is 172 Å². The highest BCUT2D eigenvalue weighted by Crippen LogP contribution is 2.25. The molecular formula is C21H28N4O3S. The fourth-order valence-corrected chi connectivity index (χ4v) is 4.19. The van der Waals surface area contributed by atoms with Gasteiger partial charge in [-0.05, 0) is 45.0 Å². The number of anilines is 2. The Bertz CT molecular complexity index is 930. The first-order chi connectivity index (χ1) is 13.7. The molecule has 0 spiro atoms. The van der Waals surface area contributed by atoms with Crippen LogP contribution in [0.5, 0.6) is 0 Å². The zero-order chi connectivity index (χ0) is 21.1. The van der Waals surface area contributed by atoms with E-state index in [-0.39, 0.29) is 10.9 Å². The number of pyridine rings is 1. The first kappa shape index (κ1) is 21.3. The van der Waals surface area contributed by atoms with Crippen molar-refractivity contribution in [1.29, 1.82) is 0 Å². The highest BCUT2D eigenvalue weighted by atomic mass is 32.2. The molecule has 2 heterocycles. The minimum atomic E-state index is -3.45. The maximum absolute atomic E-state index is 12.5. The van der Waals surface area contributed by atoms with E-state index in [4.69, 9.17) is 0 Å². The number of sulfone groups is 1. The van der Waals surface area contributed by atoms with Crippen molar-refractivity contribution in [2.75, 3.05) is 42.9 Å². The van der Waals surface area contributed by atoms with Crippen molar-refractivity contribution in [2.45, 2.75) is 30.5 Å². The van der Waals surface area contributed by atoms with E-state index in [1.807, 2.05) is 36.4 Å². The Morgan fingerprint density at radius 2 is 1.69 bits per heavy atom. The Morgan fingerprint density at radius 3 is 2.24 bits per heavy atom. The number of carbonyl (C=O) groups is 1. The zero-order valence-corrected chi connectivity index (χ0v) is 17.9. The highest BCUT2D eigenvalue weighted by Gasteiger charge is 2.32. The Kier molecular flexibility index (Phi) is 6.24. The van der Waals surface area contributed by atoms with Gasteiger partial charge in [0.15, 0.2) is 14.9 Å². The number of amides is 1. The minimum absolute atomic E-state index is 0.0249. The van der Waals surface area contributed by atoms with Crippen molar-refractivity contribution in [1.82, 2.24) is 9.88 Å². The monoisotopic (exact) mass is 416 g/mol. The van der Waals surface area contributed by atoms with Crippen LogP contribution in [0.15, 0.2) is 53.7 Å². The first-order valence-electron chi connectivity index (χ1n) is 9.70. The molecule has 8 heteroatoms. The number of rotatable bonds is 5. The van der Waals surface area contributed by atoms with Crippen molar-refractivity contribution >= 4 is 27.1 Å². The number of para-hydroxylation sites is 1. The number of piperazine rings is 1. The van der Waals surface area contributed by atoms with Crippen LogP contribution in [0, 0.1) is 0 Å². The molecule has 7 nitrogen and oxygen atoms in total. The summed E-state index contributed by atoms with van der Waals surface area (Å²) in [5.41, 5.74) is 1.69. The van der Waals surface area contributed by atoms with Crippen LogP contribution in [0.3, 0.4) is 0 Å². The molecule has 1 aliphatic rings. The molecule has 3 rings (SSSR count). The summed E-state index contributed by atoms with van der Waals surface area (Å²) in [6.45, 7) is 8.39. The van der Waals surface area contributed by atoms with Crippen molar-refractivity contribution in [3.63, 3.8) is 0 Å². The summed E-state index contributed by atoms with van der Waals surface area (Å²) >= 11 is 0. The lowest BCUT2D eigenvalue weighted by Crippen LogP contribution is -2.48. The van der Waals surface area contributed by atoms with Gasteiger partial charge in [-0.25, -0.2) is 13.4 Å². The summed E-state index contributed by atoms with van der Waals surface area (Å²) < 4.78 is 24.1. The quantitative estimate of drug-likeness (QED) is 0.806. The van der Waals surface area contributed by atoms with E-state index < -0.39 is 14.6 Å². The number of hydrogen-bond acceptors (Lipinski definition) is 6. The Hall–Kier alpha value is -2.45. The summed E-state index contributed by atoms with van der Waals surface area (Å²) in [6, 6.07) is 12.8. The molecule has 1 aliphatic heterocycles. The third-order valence-electron chi connectivity index (χ3n) is 4.96. The molecule has 0 saturated carbocycles. The number of hydrogen-bond donors (Lipinski definition) is 1. The second-order valence-corrected chi connectivity index (χ2v) is 10.8. The van der Waals surface area contributed by atoms with Crippen molar-refractivity contribution in [3.8, 4) is 0 Å². The second-order valence-electron chi connectivity index (χ2n) is 8.15. The third kappa shape index (κ3) is 5.13. The molecule has 1 amide bonds. The lowest BCUT2D eigenvalue weighted by atomic mass is 10.2. The van der Waals surface area contributed by atoms with Crippen molar-refractivity contribution in [2.24, 2.45) is 0 Å². The summed E-state index contributed by atoms with van der Waals surface area (Å²) in [4.78, 5) is 20.7. The third-order valence-corrected chi connectivity index (χ3v) is 7.37. The number of nitrogens with zero attached hydrogens (tertiary/aromatic N) is 3. The number of carbonyl (C=O) groups excluding carboxylic acids is 1. The lowest BCUT2D eigenvalue weighted by Gasteiger charge is -2.35. The zero-order valence-electron chi connectivity index (χ0n) is 17.1. The van der Waals surface area contributed by atoms with E-state index in [0.29, 0.717) is 6.54 Å². The molecule has 0 atom stereocenters. The van der Waals surface area contributed by atoms with Crippen LogP contribution in [0.25, 0.3) is 0 Å². The normalized spacial score (nSPS) is 15.9. The number of benzene rings is 1. The molecule has 1 fully saturated rings. The van der Waals surface area contributed by atoms with Gasteiger partial charge in [-0.15, -0.1) is 0 Å². The van der Waals surface area contributed by atoms with Gasteiger partial charge < -0.3 is 10.2 Å². The van der Waals surface area contributed by atoms with Crippen molar-refractivity contribution < 1.29 is 13.2 Å². The molecule has 156 valence electrons. The molecule has 0 radical (unpaired) electrons. The SMILES string of the molecule is CC(C)(C)S(=O)(=O)c1ccc(N2CCN(CC(=O)Nc3ccccc3)CC2)cn1. The molecule has 0 bridgehead atoms. The van der Waals surface area contributed by atoms with E-state index >= 15 is 0 Å². The molecule has 1 aromatic heterocycles. The fraction of sp³-hybridized carbons (Fsp3) is 0.429. The van der Waals surface area contributed by atoms with Gasteiger partial charge in [-0.2, -0.15) is 0 Å². The molecule has 1 N–H and O–H groups in total. The Morgan fingerprint density at radius 1 is 1.03 bits per heavy atom. The van der Waals surface area contributed by atoms with E-state index in [1.54, 1.807) is 33.0 Å². The average molecular weight is 417 g/mol. The van der Waals surface area contributed by atoms with Gasteiger partial charge in [0.1, 0.15) is 0 Å². The summed E-state index contributed by atoms with van der Waals surface area (Å²) in [5.74, 6) is -0.0249. The van der Waals surface area contributed by atoms with Gasteiger partial charge in [-0.3, -0.25) is 9.69 Å². The van der Waals surface area contributed by atoms with Gasteiger partial charge in [0.05, 0.1) is 23.2 Å². The average Bonchev–Trinajstić information content (AvgIpc) is 2.68. The summed E-state index contributed by atoms with van der Waals surface area (Å²) in [6.07, 6.45) is 1.62. The van der Waals surface area contributed by atoms with Gasteiger partial charge in [0, 0.05) is 31.9 Å². The highest BCUT2D eigenvalue weighted by molar-refractivity contribution is 7.92. The van der Waals surface area contributed by atoms with Gasteiger partial charge in [0.2, 0.25) is 5.91 Å². The van der Waals surface area contributed by atoms with Crippen LogP contribution in [0.2, 0.25) is 0 Å². The smallest absolute Gasteiger partial charge is 0.238 e. The second kappa shape index (κ2) is 8.51. The predicted octanol–water partition coefficient (Wildman–Crippen LogP) is 2.41. The lowest BCUT2D eigenvalue weighted by molar-refractivity contribution is -0.117. The van der Waals surface area contributed by atoms with Crippen LogP contribution in [-0.4, -0.2) is 61.7 Å². The summed E-state index contributed by atoms with van der Waals surface area (Å²) in [5, 5.41) is 3.01. The van der Waals surface area contributed by atoms with Crippen LogP contribution in [0.4, 0.5) is 11.4 Å². The van der Waals surface area contributed by atoms with E-state index in [0.717, 1.165) is 37.6 Å². The molecule has 0 unspecified atom stereocenters. The van der Waals surface area contributed by atoms with E-state index in [9.17, 15) is 13.2 Å². The van der Waals surface area contributed by atoms with Gasteiger partial charge in [0.25, 0.3) is 0 Å². The standard InChI is InChI=1S/C21H28N4O3S/c1-21(2,3)29(27,28)20-10-9-18(15-22-20)25-13-11-24(12-14-25)16-19(26)23-17-7-5-4-6-8-17/h4-10,15H,11-14,16H2,1-3H3,(H,23,26). The maximum atomic E-state index is 12.5. The minimum Gasteiger partial charge on any atom is -0.368 e. The number of nitrogens with one attached hydrogen (secondary N) is 1. The first-order valence-corrected chi connectivity index (χ1v) is 11.2. The van der Waals surface area contributed by atoms with Gasteiger partial charge >= 0.3 is 0 Å². The molecule has 2 aromatic rings. The molecule has 29 heavy (non-hydrogen) atoms. The maximum Gasteiger partial charge on any atom is 0.238 e. The van der Waals surface area contributed by atoms with E-state index in [1.165, 1.54) is 0 Å². The number of aromatic nitrogens is 1. The predicted molar refractivity (Wildman–Crippen MR) is 115 cm³/mol. The van der Waals surface area contributed by atoms with Crippen LogP contribution in [0.1, 0.15) is 20.8 Å². The van der Waals surface area contributed by atoms with Crippen molar-refractivity contribution in [3.05, 3.63) is 48.7 Å². The summed E-state index contributed by atoms with van der Waals surface area (Å²) in [7, 11) is -3.45. The van der Waals surface area contributed by atoms with Crippen LogP contribution >= 0.6 is 0 Å². The molecule has 1 saturated heterocycles. The molecule has 0 aliphatic carbocycles. The fourth-order valence-electron chi connectivity index (χ4n) is 3.12. The van der Waals surface area contributed by atoms with Crippen LogP contribution in [-0.2, 0) is 14.6 Å². The van der Waals surface area contributed by atoms with Crippen LogP contribution < -0.4 is 10.2 Å². The topological polar surface area (TPSA) is 82.6 Å². The Balaban J connectivity index is 1.53.